The molecule has 0 saturated carbocycles. The normalized spacial score (nSPS) is 16.2. The van der Waals surface area contributed by atoms with Crippen molar-refractivity contribution in [1.29, 1.82) is 0 Å². The zero-order chi connectivity index (χ0) is 19.1. The summed E-state index contributed by atoms with van der Waals surface area (Å²) in [6.07, 6.45) is 2.73. The number of hydrogen-bond acceptors (Lipinski definition) is 6. The van der Waals surface area contributed by atoms with Gasteiger partial charge in [0.15, 0.2) is 17.2 Å². The average Bonchev–Trinajstić information content (AvgIpc) is 3.31. The second-order valence-corrected chi connectivity index (χ2v) is 7.30. The first kappa shape index (κ1) is 17.3. The summed E-state index contributed by atoms with van der Waals surface area (Å²) in [4.78, 5) is 6.85. The molecule has 0 unspecified atom stereocenters. The summed E-state index contributed by atoms with van der Waals surface area (Å²) in [5.74, 6) is 3.10. The van der Waals surface area contributed by atoms with Crippen molar-refractivity contribution < 1.29 is 13.9 Å². The van der Waals surface area contributed by atoms with Crippen molar-refractivity contribution >= 4 is 0 Å². The molecule has 0 saturated heterocycles. The minimum atomic E-state index is 0.610. The Kier molecular flexibility index (Phi) is 4.31. The second-order valence-electron chi connectivity index (χ2n) is 7.30. The quantitative estimate of drug-likeness (QED) is 0.693. The van der Waals surface area contributed by atoms with E-state index in [4.69, 9.17) is 19.0 Å². The molecule has 0 bridgehead atoms. The van der Waals surface area contributed by atoms with Gasteiger partial charge in [0.05, 0.1) is 6.20 Å². The van der Waals surface area contributed by atoms with Crippen molar-refractivity contribution in [2.24, 2.45) is 0 Å². The van der Waals surface area contributed by atoms with Gasteiger partial charge in [-0.1, -0.05) is 6.07 Å². The SMILES string of the molecule is CCn1nc(-c2ncc(C)o2)c2c1CCN(Cc1ccc3c(c1)OCCO3)C2. The number of nitrogens with zero attached hydrogens (tertiary/aromatic N) is 4. The third kappa shape index (κ3) is 3.05. The molecule has 0 radical (unpaired) electrons. The standard InChI is InChI=1S/C21H24N4O3/c1-3-25-17-6-7-24(12-15-4-5-18-19(10-15)27-9-8-26-18)13-16(17)20(23-25)21-22-11-14(2)28-21/h4-5,10-11H,3,6-9,12-13H2,1-2H3. The van der Waals surface area contributed by atoms with Crippen molar-refractivity contribution in [3.05, 3.63) is 47.0 Å². The fourth-order valence-corrected chi connectivity index (χ4v) is 4.02. The summed E-state index contributed by atoms with van der Waals surface area (Å²) in [6.45, 7) is 8.80. The van der Waals surface area contributed by atoms with Gasteiger partial charge in [0.2, 0.25) is 5.89 Å². The molecule has 28 heavy (non-hydrogen) atoms. The Labute approximate surface area is 163 Å². The number of ether oxygens (including phenoxy) is 2. The maximum absolute atomic E-state index is 5.77. The van der Waals surface area contributed by atoms with E-state index < -0.39 is 0 Å². The predicted molar refractivity (Wildman–Crippen MR) is 103 cm³/mol. The second kappa shape index (κ2) is 6.98. The molecule has 0 N–H and O–H groups in total. The van der Waals surface area contributed by atoms with Crippen molar-refractivity contribution in [2.45, 2.75) is 39.9 Å². The van der Waals surface area contributed by atoms with E-state index in [1.165, 1.54) is 16.8 Å². The smallest absolute Gasteiger partial charge is 0.247 e. The van der Waals surface area contributed by atoms with Crippen molar-refractivity contribution in [3.8, 4) is 23.1 Å². The molecule has 2 aliphatic rings. The molecule has 7 heteroatoms. The maximum atomic E-state index is 5.77. The summed E-state index contributed by atoms with van der Waals surface area (Å²) in [5.41, 5.74) is 4.63. The summed E-state index contributed by atoms with van der Waals surface area (Å²) < 4.78 is 19.2. The lowest BCUT2D eigenvalue weighted by atomic mass is 10.0. The summed E-state index contributed by atoms with van der Waals surface area (Å²) in [5, 5.41) is 4.79. The molecule has 2 aromatic heterocycles. The van der Waals surface area contributed by atoms with E-state index in [2.05, 4.69) is 33.6 Å². The van der Waals surface area contributed by atoms with Crippen LogP contribution in [0.5, 0.6) is 11.5 Å². The van der Waals surface area contributed by atoms with Crippen LogP contribution < -0.4 is 9.47 Å². The first-order chi connectivity index (χ1) is 13.7. The molecule has 7 nitrogen and oxygen atoms in total. The van der Waals surface area contributed by atoms with E-state index in [-0.39, 0.29) is 0 Å². The van der Waals surface area contributed by atoms with E-state index in [9.17, 15) is 0 Å². The van der Waals surface area contributed by atoms with Gasteiger partial charge in [-0.25, -0.2) is 4.98 Å². The highest BCUT2D eigenvalue weighted by Gasteiger charge is 2.27. The van der Waals surface area contributed by atoms with Crippen LogP contribution in [0.3, 0.4) is 0 Å². The fraction of sp³-hybridized carbons (Fsp3) is 0.429. The Balaban J connectivity index is 1.41. The van der Waals surface area contributed by atoms with Gasteiger partial charge < -0.3 is 13.9 Å². The third-order valence-electron chi connectivity index (χ3n) is 5.35. The topological polar surface area (TPSA) is 65.6 Å². The van der Waals surface area contributed by atoms with Crippen molar-refractivity contribution in [1.82, 2.24) is 19.7 Å². The molecule has 2 aliphatic heterocycles. The molecule has 3 aromatic rings. The van der Waals surface area contributed by atoms with Crippen LogP contribution in [0.25, 0.3) is 11.6 Å². The van der Waals surface area contributed by atoms with Crippen LogP contribution in [0, 0.1) is 6.92 Å². The van der Waals surface area contributed by atoms with Gasteiger partial charge in [-0.05, 0) is 31.5 Å². The van der Waals surface area contributed by atoms with Gasteiger partial charge in [0.25, 0.3) is 0 Å². The lowest BCUT2D eigenvalue weighted by molar-refractivity contribution is 0.171. The van der Waals surface area contributed by atoms with Gasteiger partial charge in [0, 0.05) is 43.9 Å². The molecule has 0 atom stereocenters. The van der Waals surface area contributed by atoms with Crippen LogP contribution in [-0.2, 0) is 26.1 Å². The molecular formula is C21H24N4O3. The van der Waals surface area contributed by atoms with Crippen molar-refractivity contribution in [2.75, 3.05) is 19.8 Å². The fourth-order valence-electron chi connectivity index (χ4n) is 4.02. The lowest BCUT2D eigenvalue weighted by Gasteiger charge is -2.28. The van der Waals surface area contributed by atoms with Crippen LogP contribution in [-0.4, -0.2) is 39.4 Å². The van der Waals surface area contributed by atoms with E-state index in [0.29, 0.717) is 19.1 Å². The van der Waals surface area contributed by atoms with E-state index in [1.54, 1.807) is 6.20 Å². The third-order valence-corrected chi connectivity index (χ3v) is 5.35. The van der Waals surface area contributed by atoms with E-state index in [0.717, 1.165) is 55.6 Å². The van der Waals surface area contributed by atoms with Crippen LogP contribution in [0.4, 0.5) is 0 Å². The zero-order valence-corrected chi connectivity index (χ0v) is 16.3. The van der Waals surface area contributed by atoms with Crippen molar-refractivity contribution in [3.63, 3.8) is 0 Å². The molecule has 0 amide bonds. The predicted octanol–water partition coefficient (Wildman–Crippen LogP) is 3.20. The summed E-state index contributed by atoms with van der Waals surface area (Å²) in [6, 6.07) is 6.23. The Morgan fingerprint density at radius 2 is 2.00 bits per heavy atom. The van der Waals surface area contributed by atoms with Gasteiger partial charge in [-0.15, -0.1) is 0 Å². The number of benzene rings is 1. The number of hydrogen-bond donors (Lipinski definition) is 0. The van der Waals surface area contributed by atoms with Crippen LogP contribution in [0.15, 0.2) is 28.8 Å². The molecule has 4 heterocycles. The number of oxazole rings is 1. The molecule has 0 spiro atoms. The van der Waals surface area contributed by atoms with Crippen LogP contribution >= 0.6 is 0 Å². The molecule has 146 valence electrons. The molecule has 1 aromatic carbocycles. The zero-order valence-electron chi connectivity index (χ0n) is 16.3. The highest BCUT2D eigenvalue weighted by atomic mass is 16.6. The Bertz CT molecular complexity index is 1010. The lowest BCUT2D eigenvalue weighted by Crippen LogP contribution is -2.31. The Morgan fingerprint density at radius 1 is 1.14 bits per heavy atom. The number of aryl methyl sites for hydroxylation is 2. The minimum Gasteiger partial charge on any atom is -0.486 e. The monoisotopic (exact) mass is 380 g/mol. The number of aromatic nitrogens is 3. The first-order valence-corrected chi connectivity index (χ1v) is 9.83. The average molecular weight is 380 g/mol. The van der Waals surface area contributed by atoms with Gasteiger partial charge in [-0.3, -0.25) is 9.58 Å². The Morgan fingerprint density at radius 3 is 2.79 bits per heavy atom. The highest BCUT2D eigenvalue weighted by Crippen LogP contribution is 2.33. The van der Waals surface area contributed by atoms with Gasteiger partial charge >= 0.3 is 0 Å². The largest absolute Gasteiger partial charge is 0.486 e. The van der Waals surface area contributed by atoms with Gasteiger partial charge in [0.1, 0.15) is 19.0 Å². The van der Waals surface area contributed by atoms with E-state index in [1.807, 2.05) is 13.0 Å². The molecule has 0 aliphatic carbocycles. The highest BCUT2D eigenvalue weighted by molar-refractivity contribution is 5.55. The first-order valence-electron chi connectivity index (χ1n) is 9.83. The van der Waals surface area contributed by atoms with Crippen LogP contribution in [0.2, 0.25) is 0 Å². The number of rotatable bonds is 4. The molecular weight excluding hydrogens is 356 g/mol. The Hall–Kier alpha value is -2.80. The summed E-state index contributed by atoms with van der Waals surface area (Å²) >= 11 is 0. The summed E-state index contributed by atoms with van der Waals surface area (Å²) in [7, 11) is 0. The molecule has 0 fully saturated rings. The number of fused-ring (bicyclic) bond motifs is 2. The molecule has 5 rings (SSSR count). The van der Waals surface area contributed by atoms with E-state index >= 15 is 0 Å². The van der Waals surface area contributed by atoms with Crippen LogP contribution in [0.1, 0.15) is 29.5 Å². The van der Waals surface area contributed by atoms with Gasteiger partial charge in [-0.2, -0.15) is 5.10 Å². The minimum absolute atomic E-state index is 0.610. The maximum Gasteiger partial charge on any atom is 0.247 e.